The van der Waals surface area contributed by atoms with Gasteiger partial charge in [-0.1, -0.05) is 154 Å². The minimum atomic E-state index is -5.11. The molecule has 7 N–H and O–H groups in total. The van der Waals surface area contributed by atoms with Crippen molar-refractivity contribution in [1.82, 2.24) is 5.32 Å². The minimum absolute atomic E-state index is 0.236. The van der Waals surface area contributed by atoms with E-state index in [-0.39, 0.29) is 6.42 Å². The van der Waals surface area contributed by atoms with Crippen molar-refractivity contribution in [1.29, 1.82) is 0 Å². The van der Waals surface area contributed by atoms with Gasteiger partial charge in [0.25, 0.3) is 0 Å². The standard InChI is InChI=1S/C42H79NO12S/c1-3-5-7-9-10-11-12-13-14-15-16-17-18-19-20-21-22-23-24-25-27-29-31-36(46)41(49)43-34(35(45)30-28-26-8-6-4-2)33-53-42-39(48)40(55-56(50,51)52)38(47)37(32-44)54-42/h19-20,28,30,34-40,42,44-48H,3-18,21-27,29,31-33H2,1-2H3,(H,43,49)(H,50,51,52)/b20-19-,30-28+. The molecule has 0 saturated carbocycles. The van der Waals surface area contributed by atoms with Crippen LogP contribution < -0.4 is 5.32 Å². The van der Waals surface area contributed by atoms with Gasteiger partial charge in [-0.15, -0.1) is 0 Å². The fourth-order valence-electron chi connectivity index (χ4n) is 6.81. The number of hydrogen-bond donors (Lipinski definition) is 7. The molecule has 1 aliphatic heterocycles. The second-order valence-electron chi connectivity index (χ2n) is 15.4. The fraction of sp³-hybridized carbons (Fsp3) is 0.881. The largest absolute Gasteiger partial charge is 0.397 e. The number of nitrogens with one attached hydrogen (secondary N) is 1. The lowest BCUT2D eigenvalue weighted by molar-refractivity contribution is -0.298. The Morgan fingerprint density at radius 2 is 1.18 bits per heavy atom. The van der Waals surface area contributed by atoms with E-state index in [2.05, 4.69) is 35.5 Å². The van der Waals surface area contributed by atoms with Gasteiger partial charge in [0.05, 0.1) is 25.4 Å². The molecule has 0 aromatic carbocycles. The smallest absolute Gasteiger partial charge is 0.394 e. The highest BCUT2D eigenvalue weighted by molar-refractivity contribution is 7.80. The summed E-state index contributed by atoms with van der Waals surface area (Å²) in [6.45, 7) is 3.06. The third kappa shape index (κ3) is 25.8. The highest BCUT2D eigenvalue weighted by Crippen LogP contribution is 2.26. The van der Waals surface area contributed by atoms with Crippen LogP contribution in [0, 0.1) is 0 Å². The summed E-state index contributed by atoms with van der Waals surface area (Å²) in [6.07, 6.45) is 24.9. The summed E-state index contributed by atoms with van der Waals surface area (Å²) in [6, 6.07) is -1.12. The van der Waals surface area contributed by atoms with E-state index in [1.807, 2.05) is 0 Å². The summed E-state index contributed by atoms with van der Waals surface area (Å²) in [5.41, 5.74) is 0. The first-order valence-corrected chi connectivity index (χ1v) is 23.2. The lowest BCUT2D eigenvalue weighted by Gasteiger charge is -2.41. The molecule has 0 bridgehead atoms. The molecule has 0 aromatic heterocycles. The van der Waals surface area contributed by atoms with Crippen LogP contribution in [0.5, 0.6) is 0 Å². The van der Waals surface area contributed by atoms with Crippen LogP contribution in [-0.4, -0.2) is 107 Å². The molecule has 13 nitrogen and oxygen atoms in total. The molecule has 330 valence electrons. The van der Waals surface area contributed by atoms with Crippen molar-refractivity contribution in [2.45, 2.75) is 223 Å². The number of hydrogen-bond acceptors (Lipinski definition) is 11. The van der Waals surface area contributed by atoms with Crippen LogP contribution in [0.2, 0.25) is 0 Å². The molecule has 0 radical (unpaired) electrons. The molecular formula is C42H79NO12S. The maximum absolute atomic E-state index is 13.0. The number of carbonyl (C=O) groups is 1. The Kier molecular flexibility index (Phi) is 31.3. The van der Waals surface area contributed by atoms with Gasteiger partial charge in [0.2, 0.25) is 5.91 Å². The Morgan fingerprint density at radius 1 is 0.714 bits per heavy atom. The van der Waals surface area contributed by atoms with Gasteiger partial charge in [0.1, 0.15) is 30.5 Å². The molecule has 1 heterocycles. The van der Waals surface area contributed by atoms with Crippen LogP contribution in [-0.2, 0) is 28.9 Å². The molecule has 0 aromatic rings. The molecule has 0 spiro atoms. The van der Waals surface area contributed by atoms with Crippen molar-refractivity contribution in [3.63, 3.8) is 0 Å². The number of rotatable bonds is 36. The topological polar surface area (TPSA) is 212 Å². The Bertz CT molecular complexity index is 1120. The zero-order valence-electron chi connectivity index (χ0n) is 34.6. The van der Waals surface area contributed by atoms with E-state index < -0.39 is 78.5 Å². The molecule has 1 amide bonds. The van der Waals surface area contributed by atoms with Gasteiger partial charge in [-0.25, -0.2) is 4.18 Å². The van der Waals surface area contributed by atoms with Crippen LogP contribution >= 0.6 is 0 Å². The summed E-state index contributed by atoms with van der Waals surface area (Å²) in [5, 5.41) is 54.6. The number of aliphatic hydroxyl groups is 5. The van der Waals surface area contributed by atoms with E-state index in [9.17, 15) is 38.7 Å². The van der Waals surface area contributed by atoms with E-state index in [1.54, 1.807) is 6.08 Å². The summed E-state index contributed by atoms with van der Waals surface area (Å²) < 4.78 is 47.1. The van der Waals surface area contributed by atoms with Crippen LogP contribution in [0.1, 0.15) is 174 Å². The van der Waals surface area contributed by atoms with Gasteiger partial charge in [0, 0.05) is 0 Å². The summed E-state index contributed by atoms with van der Waals surface area (Å²) >= 11 is 0. The number of carbonyl (C=O) groups excluding carboxylic acids is 1. The van der Waals surface area contributed by atoms with Crippen LogP contribution in [0.3, 0.4) is 0 Å². The lowest BCUT2D eigenvalue weighted by atomic mass is 9.99. The van der Waals surface area contributed by atoms with Gasteiger partial charge >= 0.3 is 10.4 Å². The summed E-state index contributed by atoms with van der Waals surface area (Å²) in [7, 11) is -5.11. The third-order valence-electron chi connectivity index (χ3n) is 10.3. The lowest BCUT2D eigenvalue weighted by Crippen LogP contribution is -2.61. The Labute approximate surface area is 338 Å². The number of amides is 1. The van der Waals surface area contributed by atoms with Crippen molar-refractivity contribution in [3.05, 3.63) is 24.3 Å². The van der Waals surface area contributed by atoms with Gasteiger partial charge in [-0.3, -0.25) is 9.35 Å². The minimum Gasteiger partial charge on any atom is -0.394 e. The summed E-state index contributed by atoms with van der Waals surface area (Å²) in [5.74, 6) is -0.714. The van der Waals surface area contributed by atoms with Crippen molar-refractivity contribution >= 4 is 16.3 Å². The molecule has 8 atom stereocenters. The molecule has 1 saturated heterocycles. The first-order valence-electron chi connectivity index (χ1n) is 21.8. The Hall–Kier alpha value is -1.46. The third-order valence-corrected chi connectivity index (χ3v) is 10.8. The average molecular weight is 822 g/mol. The predicted octanol–water partition coefficient (Wildman–Crippen LogP) is 6.74. The molecule has 1 rings (SSSR count). The molecule has 14 heteroatoms. The fourth-order valence-corrected chi connectivity index (χ4v) is 7.32. The average Bonchev–Trinajstić information content (AvgIpc) is 3.16. The van der Waals surface area contributed by atoms with Crippen LogP contribution in [0.25, 0.3) is 0 Å². The molecule has 1 fully saturated rings. The van der Waals surface area contributed by atoms with Crippen molar-refractivity contribution in [3.8, 4) is 0 Å². The van der Waals surface area contributed by atoms with E-state index in [0.29, 0.717) is 12.8 Å². The van der Waals surface area contributed by atoms with Gasteiger partial charge < -0.3 is 40.3 Å². The van der Waals surface area contributed by atoms with Crippen molar-refractivity contribution < 1.29 is 57.0 Å². The normalized spacial score (nSPS) is 22.2. The second kappa shape index (κ2) is 33.4. The molecule has 8 unspecified atom stereocenters. The highest BCUT2D eigenvalue weighted by atomic mass is 32.3. The Morgan fingerprint density at radius 3 is 1.70 bits per heavy atom. The highest BCUT2D eigenvalue weighted by Gasteiger charge is 2.48. The van der Waals surface area contributed by atoms with Gasteiger partial charge in [0.15, 0.2) is 6.29 Å². The van der Waals surface area contributed by atoms with E-state index >= 15 is 0 Å². The molecule has 0 aliphatic carbocycles. The first-order chi connectivity index (χ1) is 26.9. The Balaban J connectivity index is 2.38. The molecular weight excluding hydrogens is 743 g/mol. The van der Waals surface area contributed by atoms with E-state index in [1.165, 1.54) is 89.5 Å². The van der Waals surface area contributed by atoms with Crippen LogP contribution in [0.4, 0.5) is 0 Å². The number of aliphatic hydroxyl groups excluding tert-OH is 5. The van der Waals surface area contributed by atoms with Gasteiger partial charge in [-0.05, 0) is 44.9 Å². The maximum atomic E-state index is 13.0. The quantitative estimate of drug-likeness (QED) is 0.0199. The zero-order valence-corrected chi connectivity index (χ0v) is 35.4. The number of ether oxygens (including phenoxy) is 2. The van der Waals surface area contributed by atoms with Crippen molar-refractivity contribution in [2.24, 2.45) is 0 Å². The van der Waals surface area contributed by atoms with Crippen LogP contribution in [0.15, 0.2) is 24.3 Å². The summed E-state index contributed by atoms with van der Waals surface area (Å²) in [4.78, 5) is 13.0. The predicted molar refractivity (Wildman–Crippen MR) is 219 cm³/mol. The second-order valence-corrected chi connectivity index (χ2v) is 16.5. The number of unbranched alkanes of at least 4 members (excludes halogenated alkanes) is 21. The zero-order chi connectivity index (χ0) is 41.4. The monoisotopic (exact) mass is 822 g/mol. The van der Waals surface area contributed by atoms with Gasteiger partial charge in [-0.2, -0.15) is 8.42 Å². The SMILES string of the molecule is CCCCC/C=C/C(O)C(COC1OC(CO)C(O)C(OS(=O)(=O)O)C1O)NC(=O)C(O)CCCCCCCC/C=C\CCCCCCCCCCCCCC. The molecule has 1 aliphatic rings. The maximum Gasteiger partial charge on any atom is 0.397 e. The first kappa shape index (κ1) is 52.6. The number of allylic oxidation sites excluding steroid dienone is 3. The molecule has 56 heavy (non-hydrogen) atoms. The van der Waals surface area contributed by atoms with E-state index in [4.69, 9.17) is 14.0 Å². The van der Waals surface area contributed by atoms with E-state index in [0.717, 1.165) is 57.8 Å². The van der Waals surface area contributed by atoms with Crippen molar-refractivity contribution in [2.75, 3.05) is 13.2 Å².